The van der Waals surface area contributed by atoms with Crippen molar-refractivity contribution < 1.29 is 40.2 Å². The van der Waals surface area contributed by atoms with Crippen LogP contribution in [0.4, 0.5) is 0 Å². The van der Waals surface area contributed by atoms with E-state index in [0.29, 0.717) is 12.8 Å². The van der Waals surface area contributed by atoms with Crippen LogP contribution >= 0.6 is 0 Å². The van der Waals surface area contributed by atoms with E-state index in [4.69, 9.17) is 4.74 Å². The van der Waals surface area contributed by atoms with Crippen LogP contribution in [0, 0.1) is 0 Å². The van der Waals surface area contributed by atoms with Crippen LogP contribution in [0.5, 0.6) is 0 Å². The number of hydrogen-bond donors (Lipinski definition) is 7. The zero-order chi connectivity index (χ0) is 43.2. The molecule has 1 heterocycles. The van der Waals surface area contributed by atoms with Gasteiger partial charge in [-0.15, -0.1) is 0 Å². The van der Waals surface area contributed by atoms with E-state index in [-0.39, 0.29) is 12.3 Å². The predicted octanol–water partition coefficient (Wildman–Crippen LogP) is 10.9. The van der Waals surface area contributed by atoms with E-state index in [1.807, 2.05) is 0 Å². The fourth-order valence-electron chi connectivity index (χ4n) is 8.91. The summed E-state index contributed by atoms with van der Waals surface area (Å²) in [7, 11) is 0. The van der Waals surface area contributed by atoms with Crippen molar-refractivity contribution >= 4 is 5.91 Å². The molecular formula is C50H99NO8. The van der Waals surface area contributed by atoms with E-state index in [0.717, 1.165) is 44.9 Å². The van der Waals surface area contributed by atoms with Gasteiger partial charge in [-0.2, -0.15) is 0 Å². The van der Waals surface area contributed by atoms with E-state index in [9.17, 15) is 35.4 Å². The number of unbranched alkanes of at least 4 members (excludes halogenated alkanes) is 34. The molecule has 1 amide bonds. The lowest BCUT2D eigenvalue weighted by atomic mass is 9.87. The van der Waals surface area contributed by atoms with Gasteiger partial charge in [-0.25, -0.2) is 0 Å². The molecular weight excluding hydrogens is 743 g/mol. The van der Waals surface area contributed by atoms with E-state index < -0.39 is 55.4 Å². The van der Waals surface area contributed by atoms with Crippen LogP contribution in [0.2, 0.25) is 0 Å². The Hall–Kier alpha value is -0.810. The lowest BCUT2D eigenvalue weighted by molar-refractivity contribution is -0.253. The third-order valence-corrected chi connectivity index (χ3v) is 13.0. The minimum Gasteiger partial charge on any atom is -0.394 e. The molecule has 352 valence electrons. The first-order chi connectivity index (χ1) is 28.8. The summed E-state index contributed by atoms with van der Waals surface area (Å²) in [5.41, 5.74) is 0. The van der Waals surface area contributed by atoms with E-state index in [1.54, 1.807) is 0 Å². The average molecular weight is 842 g/mol. The van der Waals surface area contributed by atoms with Crippen LogP contribution in [0.15, 0.2) is 0 Å². The van der Waals surface area contributed by atoms with Gasteiger partial charge in [0, 0.05) is 6.42 Å². The summed E-state index contributed by atoms with van der Waals surface area (Å²) >= 11 is 0. The van der Waals surface area contributed by atoms with Gasteiger partial charge in [0.05, 0.1) is 18.8 Å². The van der Waals surface area contributed by atoms with Crippen molar-refractivity contribution in [2.75, 3.05) is 6.61 Å². The topological polar surface area (TPSA) is 160 Å². The summed E-state index contributed by atoms with van der Waals surface area (Å²) in [5.74, 6) is -0.286. The maximum absolute atomic E-state index is 13.1. The molecule has 0 radical (unpaired) electrons. The highest BCUT2D eigenvalue weighted by Gasteiger charge is 2.48. The van der Waals surface area contributed by atoms with Crippen LogP contribution < -0.4 is 5.32 Å². The number of aliphatic hydroxyl groups excluding tert-OH is 6. The van der Waals surface area contributed by atoms with Gasteiger partial charge >= 0.3 is 0 Å². The molecule has 1 fully saturated rings. The molecule has 1 unspecified atom stereocenters. The summed E-state index contributed by atoms with van der Waals surface area (Å²) in [5, 5.41) is 66.4. The molecule has 9 heteroatoms. The number of rotatable bonds is 43. The van der Waals surface area contributed by atoms with Gasteiger partial charge in [0.1, 0.15) is 36.6 Å². The monoisotopic (exact) mass is 842 g/mol. The number of ether oxygens (including phenoxy) is 1. The number of aliphatic hydroxyl groups is 6. The molecule has 7 N–H and O–H groups in total. The van der Waals surface area contributed by atoms with Crippen molar-refractivity contribution in [1.82, 2.24) is 5.32 Å². The minimum absolute atomic E-state index is 0.266. The number of carbonyl (C=O) groups excluding carboxylic acids is 1. The number of carbonyl (C=O) groups is 1. The van der Waals surface area contributed by atoms with Crippen molar-refractivity contribution in [3.63, 3.8) is 0 Å². The highest BCUT2D eigenvalue weighted by Crippen LogP contribution is 2.27. The number of nitrogens with one attached hydrogen (secondary N) is 1. The van der Waals surface area contributed by atoms with Gasteiger partial charge in [-0.3, -0.25) is 4.79 Å². The first kappa shape index (κ1) is 56.2. The lowest BCUT2D eigenvalue weighted by Crippen LogP contribution is -2.66. The Morgan fingerprint density at radius 2 is 0.797 bits per heavy atom. The molecule has 0 aromatic rings. The van der Waals surface area contributed by atoms with Crippen LogP contribution in [-0.4, -0.2) is 91.9 Å². The molecule has 9 nitrogen and oxygen atoms in total. The maximum Gasteiger partial charge on any atom is 0.220 e. The first-order valence-corrected chi connectivity index (χ1v) is 25.7. The predicted molar refractivity (Wildman–Crippen MR) is 245 cm³/mol. The SMILES string of the molecule is CCCCCCCCCCCCCCCCCCCCCCCCCC(=O)N[C@@H](C(O)[C@@H]1O[C@H](CO)[C@@H](O)[C@H](O)[C@H]1O)[C@H](O)CCCCCCCCCCCCCCC. The van der Waals surface area contributed by atoms with Crippen molar-refractivity contribution in [2.45, 2.75) is 307 Å². The van der Waals surface area contributed by atoms with Gasteiger partial charge < -0.3 is 40.7 Å². The van der Waals surface area contributed by atoms with Gasteiger partial charge in [-0.05, 0) is 12.8 Å². The van der Waals surface area contributed by atoms with Crippen LogP contribution in [0.3, 0.4) is 0 Å². The Balaban J connectivity index is 2.26. The second-order valence-corrected chi connectivity index (χ2v) is 18.5. The highest BCUT2D eigenvalue weighted by atomic mass is 16.6. The normalized spacial score (nSPS) is 21.1. The molecule has 1 rings (SSSR count). The Morgan fingerprint density at radius 3 is 1.14 bits per heavy atom. The van der Waals surface area contributed by atoms with Gasteiger partial charge in [0.25, 0.3) is 0 Å². The molecule has 0 aromatic heterocycles. The number of hydrogen-bond acceptors (Lipinski definition) is 8. The number of amides is 1. The second kappa shape index (κ2) is 40.0. The smallest absolute Gasteiger partial charge is 0.220 e. The Morgan fingerprint density at radius 1 is 0.475 bits per heavy atom. The quantitative estimate of drug-likeness (QED) is 0.0299. The molecule has 59 heavy (non-hydrogen) atoms. The van der Waals surface area contributed by atoms with Crippen molar-refractivity contribution in [3.05, 3.63) is 0 Å². The molecule has 1 aliphatic rings. The minimum atomic E-state index is -1.66. The highest BCUT2D eigenvalue weighted by molar-refractivity contribution is 5.76. The van der Waals surface area contributed by atoms with Crippen LogP contribution in [-0.2, 0) is 9.53 Å². The van der Waals surface area contributed by atoms with Crippen molar-refractivity contribution in [3.8, 4) is 0 Å². The third-order valence-electron chi connectivity index (χ3n) is 13.0. The summed E-state index contributed by atoms with van der Waals surface area (Å²) < 4.78 is 5.62. The molecule has 1 aliphatic heterocycles. The molecule has 0 saturated carbocycles. The van der Waals surface area contributed by atoms with E-state index in [1.165, 1.54) is 180 Å². The van der Waals surface area contributed by atoms with Gasteiger partial charge in [0.15, 0.2) is 0 Å². The van der Waals surface area contributed by atoms with Gasteiger partial charge in [-0.1, -0.05) is 239 Å². The summed E-state index contributed by atoms with van der Waals surface area (Å²) in [6.07, 6.45) is 36.2. The maximum atomic E-state index is 13.1. The second-order valence-electron chi connectivity index (χ2n) is 18.5. The van der Waals surface area contributed by atoms with E-state index >= 15 is 0 Å². The Labute approximate surface area is 363 Å². The molecule has 8 atom stereocenters. The summed E-state index contributed by atoms with van der Waals surface area (Å²) in [4.78, 5) is 13.1. The molecule has 0 aromatic carbocycles. The molecule has 0 aliphatic carbocycles. The molecule has 0 spiro atoms. The largest absolute Gasteiger partial charge is 0.394 e. The first-order valence-electron chi connectivity index (χ1n) is 25.7. The fourth-order valence-corrected chi connectivity index (χ4v) is 8.91. The zero-order valence-corrected chi connectivity index (χ0v) is 38.7. The Bertz CT molecular complexity index is 908. The summed E-state index contributed by atoms with van der Waals surface area (Å²) in [6.45, 7) is 3.91. The van der Waals surface area contributed by atoms with Crippen molar-refractivity contribution in [2.24, 2.45) is 0 Å². The van der Waals surface area contributed by atoms with Gasteiger partial charge in [0.2, 0.25) is 5.91 Å². The standard InChI is InChI=1S/C50H99NO8/c1-3-5-7-9-11-13-15-17-18-19-20-21-22-23-24-25-26-28-30-32-34-36-38-40-44(54)51-45(47(56)50-49(58)48(57)46(55)43(41-52)59-50)42(53)39-37-35-33-31-29-27-16-14-12-10-8-6-4-2/h42-43,45-50,52-53,55-58H,3-41H2,1-2H3,(H,51,54)/t42-,43-,45-,46-,47?,48+,49-,50+/m1/s1. The van der Waals surface area contributed by atoms with Crippen molar-refractivity contribution in [1.29, 1.82) is 0 Å². The Kier molecular flexibility index (Phi) is 38.1. The third kappa shape index (κ3) is 29.2. The fraction of sp³-hybridized carbons (Fsp3) is 0.980. The van der Waals surface area contributed by atoms with Crippen LogP contribution in [0.25, 0.3) is 0 Å². The van der Waals surface area contributed by atoms with E-state index in [2.05, 4.69) is 19.2 Å². The molecule has 1 saturated heterocycles. The zero-order valence-electron chi connectivity index (χ0n) is 38.7. The van der Waals surface area contributed by atoms with Crippen LogP contribution in [0.1, 0.15) is 258 Å². The molecule has 0 bridgehead atoms. The lowest BCUT2D eigenvalue weighted by Gasteiger charge is -2.44. The summed E-state index contributed by atoms with van der Waals surface area (Å²) in [6, 6.07) is -1.13. The average Bonchev–Trinajstić information content (AvgIpc) is 3.23.